The summed E-state index contributed by atoms with van der Waals surface area (Å²) in [5.74, 6) is -0.856. The average molecular weight is 388 g/mol. The molecule has 2 N–H and O–H groups in total. The molecule has 0 saturated heterocycles. The summed E-state index contributed by atoms with van der Waals surface area (Å²) < 4.78 is 5.30. The number of hydrogen-bond acceptors (Lipinski definition) is 4. The van der Waals surface area contributed by atoms with E-state index in [9.17, 15) is 14.4 Å². The minimum atomic E-state index is -0.467. The Hall–Kier alpha value is -3.93. The van der Waals surface area contributed by atoms with Crippen LogP contribution in [0.2, 0.25) is 0 Å². The lowest BCUT2D eigenvalue weighted by molar-refractivity contribution is -0.114. The fraction of sp³-hybridized carbons (Fsp3) is 0.0870. The zero-order valence-corrected chi connectivity index (χ0v) is 15.8. The molecule has 0 heterocycles. The predicted molar refractivity (Wildman–Crippen MR) is 111 cm³/mol. The summed E-state index contributed by atoms with van der Waals surface area (Å²) in [7, 11) is 0. The maximum Gasteiger partial charge on any atom is 0.338 e. The van der Waals surface area contributed by atoms with Crippen molar-refractivity contribution in [2.75, 3.05) is 10.6 Å². The Morgan fingerprint density at radius 2 is 1.31 bits per heavy atom. The number of esters is 1. The van der Waals surface area contributed by atoms with Crippen molar-refractivity contribution in [3.8, 4) is 0 Å². The monoisotopic (exact) mass is 388 g/mol. The fourth-order valence-corrected chi connectivity index (χ4v) is 2.60. The van der Waals surface area contributed by atoms with Crippen LogP contribution in [0.15, 0.2) is 78.9 Å². The molecule has 0 aromatic heterocycles. The van der Waals surface area contributed by atoms with Crippen LogP contribution >= 0.6 is 0 Å². The van der Waals surface area contributed by atoms with Crippen LogP contribution in [0.3, 0.4) is 0 Å². The minimum Gasteiger partial charge on any atom is -0.457 e. The molecular formula is C23H20N2O4. The number of nitrogens with one attached hydrogen (secondary N) is 2. The molecule has 3 rings (SSSR count). The van der Waals surface area contributed by atoms with Gasteiger partial charge in [-0.05, 0) is 54.1 Å². The molecule has 0 bridgehead atoms. The highest BCUT2D eigenvalue weighted by Crippen LogP contribution is 2.13. The largest absolute Gasteiger partial charge is 0.457 e. The summed E-state index contributed by atoms with van der Waals surface area (Å²) >= 11 is 0. The maximum atomic E-state index is 12.2. The summed E-state index contributed by atoms with van der Waals surface area (Å²) in [4.78, 5) is 35.4. The molecule has 0 unspecified atom stereocenters. The SMILES string of the molecule is CC(=O)Nc1ccc(C(=O)OCc2ccc(C(=O)Nc3ccccc3)cc2)cc1. The van der Waals surface area contributed by atoms with E-state index in [2.05, 4.69) is 10.6 Å². The van der Waals surface area contributed by atoms with E-state index in [0.29, 0.717) is 16.8 Å². The molecule has 3 aromatic rings. The highest BCUT2D eigenvalue weighted by Gasteiger charge is 2.09. The van der Waals surface area contributed by atoms with E-state index in [0.717, 1.165) is 11.3 Å². The number of benzene rings is 3. The predicted octanol–water partition coefficient (Wildman–Crippen LogP) is 4.25. The lowest BCUT2D eigenvalue weighted by Crippen LogP contribution is -2.12. The first kappa shape index (κ1) is 19.8. The van der Waals surface area contributed by atoms with Crippen LogP contribution in [0.5, 0.6) is 0 Å². The number of hydrogen-bond donors (Lipinski definition) is 2. The molecule has 29 heavy (non-hydrogen) atoms. The smallest absolute Gasteiger partial charge is 0.338 e. The Morgan fingerprint density at radius 3 is 1.93 bits per heavy atom. The number of carbonyl (C=O) groups is 3. The summed E-state index contributed by atoms with van der Waals surface area (Å²) in [6.45, 7) is 1.51. The van der Waals surface area contributed by atoms with Gasteiger partial charge >= 0.3 is 5.97 Å². The second-order valence-electron chi connectivity index (χ2n) is 6.35. The second kappa shape index (κ2) is 9.32. The first-order chi connectivity index (χ1) is 14.0. The van der Waals surface area contributed by atoms with Crippen molar-refractivity contribution >= 4 is 29.2 Å². The van der Waals surface area contributed by atoms with Gasteiger partial charge in [-0.15, -0.1) is 0 Å². The van der Waals surface area contributed by atoms with Gasteiger partial charge in [-0.3, -0.25) is 9.59 Å². The standard InChI is InChI=1S/C23H20N2O4/c1-16(26)24-21-13-11-19(12-14-21)23(28)29-15-17-7-9-18(10-8-17)22(27)25-20-5-3-2-4-6-20/h2-14H,15H2,1H3,(H,24,26)(H,25,27). The molecule has 0 radical (unpaired) electrons. The summed E-state index contributed by atoms with van der Waals surface area (Å²) in [6.07, 6.45) is 0. The molecule has 0 fully saturated rings. The Balaban J connectivity index is 1.53. The number of anilines is 2. The maximum absolute atomic E-state index is 12.2. The van der Waals surface area contributed by atoms with Crippen LogP contribution in [0, 0.1) is 0 Å². The number of para-hydroxylation sites is 1. The fourth-order valence-electron chi connectivity index (χ4n) is 2.60. The normalized spacial score (nSPS) is 10.1. The van der Waals surface area contributed by atoms with Crippen molar-refractivity contribution < 1.29 is 19.1 Å². The van der Waals surface area contributed by atoms with Gasteiger partial charge in [0.05, 0.1) is 5.56 Å². The van der Waals surface area contributed by atoms with Crippen molar-refractivity contribution in [2.45, 2.75) is 13.5 Å². The Labute approximate surface area is 168 Å². The number of carbonyl (C=O) groups excluding carboxylic acids is 3. The average Bonchev–Trinajstić information content (AvgIpc) is 2.73. The molecule has 3 aromatic carbocycles. The van der Waals surface area contributed by atoms with Crippen LogP contribution in [0.25, 0.3) is 0 Å². The molecule has 0 spiro atoms. The van der Waals surface area contributed by atoms with Crippen molar-refractivity contribution in [3.05, 3.63) is 95.6 Å². The van der Waals surface area contributed by atoms with Gasteiger partial charge in [0, 0.05) is 23.9 Å². The number of rotatable bonds is 6. The van der Waals surface area contributed by atoms with Crippen molar-refractivity contribution in [1.82, 2.24) is 0 Å². The van der Waals surface area contributed by atoms with Gasteiger partial charge in [-0.1, -0.05) is 30.3 Å². The van der Waals surface area contributed by atoms with E-state index in [-0.39, 0.29) is 18.4 Å². The molecule has 0 aliphatic rings. The third-order valence-electron chi connectivity index (χ3n) is 4.06. The Bertz CT molecular complexity index is 997. The molecule has 6 heteroatoms. The zero-order chi connectivity index (χ0) is 20.6. The second-order valence-corrected chi connectivity index (χ2v) is 6.35. The Kier molecular flexibility index (Phi) is 6.37. The highest BCUT2D eigenvalue weighted by atomic mass is 16.5. The van der Waals surface area contributed by atoms with Gasteiger partial charge in [0.2, 0.25) is 5.91 Å². The summed E-state index contributed by atoms with van der Waals surface area (Å²) in [6, 6.07) is 22.5. The van der Waals surface area contributed by atoms with E-state index in [1.165, 1.54) is 6.92 Å². The van der Waals surface area contributed by atoms with Crippen molar-refractivity contribution in [1.29, 1.82) is 0 Å². The Morgan fingerprint density at radius 1 is 0.724 bits per heavy atom. The van der Waals surface area contributed by atoms with Gasteiger partial charge in [-0.2, -0.15) is 0 Å². The lowest BCUT2D eigenvalue weighted by atomic mass is 10.1. The van der Waals surface area contributed by atoms with Gasteiger partial charge in [-0.25, -0.2) is 4.79 Å². The molecule has 0 atom stereocenters. The first-order valence-corrected chi connectivity index (χ1v) is 9.01. The molecule has 0 saturated carbocycles. The van der Waals surface area contributed by atoms with Gasteiger partial charge in [0.15, 0.2) is 0 Å². The lowest BCUT2D eigenvalue weighted by Gasteiger charge is -2.08. The summed E-state index contributed by atoms with van der Waals surface area (Å²) in [5.41, 5.74) is 3.00. The first-order valence-electron chi connectivity index (χ1n) is 9.01. The summed E-state index contributed by atoms with van der Waals surface area (Å²) in [5, 5.41) is 5.45. The van der Waals surface area contributed by atoms with E-state index in [4.69, 9.17) is 4.74 Å². The molecule has 2 amide bonds. The van der Waals surface area contributed by atoms with Gasteiger partial charge < -0.3 is 15.4 Å². The zero-order valence-electron chi connectivity index (χ0n) is 15.8. The third kappa shape index (κ3) is 5.77. The van der Waals surface area contributed by atoms with Crippen LogP contribution in [-0.4, -0.2) is 17.8 Å². The van der Waals surface area contributed by atoms with E-state index >= 15 is 0 Å². The highest BCUT2D eigenvalue weighted by molar-refractivity contribution is 6.04. The number of amides is 2. The van der Waals surface area contributed by atoms with Crippen LogP contribution in [0.1, 0.15) is 33.2 Å². The third-order valence-corrected chi connectivity index (χ3v) is 4.06. The van der Waals surface area contributed by atoms with E-state index in [1.807, 2.05) is 30.3 Å². The topological polar surface area (TPSA) is 84.5 Å². The van der Waals surface area contributed by atoms with E-state index in [1.54, 1.807) is 48.5 Å². The van der Waals surface area contributed by atoms with Gasteiger partial charge in [0.1, 0.15) is 6.61 Å². The van der Waals surface area contributed by atoms with Crippen LogP contribution in [0.4, 0.5) is 11.4 Å². The molecule has 6 nitrogen and oxygen atoms in total. The van der Waals surface area contributed by atoms with Gasteiger partial charge in [0.25, 0.3) is 5.91 Å². The van der Waals surface area contributed by atoms with E-state index < -0.39 is 5.97 Å². The molecule has 146 valence electrons. The quantitative estimate of drug-likeness (QED) is 0.618. The number of ether oxygens (including phenoxy) is 1. The molecular weight excluding hydrogens is 368 g/mol. The minimum absolute atomic E-state index is 0.0901. The molecule has 0 aliphatic carbocycles. The van der Waals surface area contributed by atoms with Crippen molar-refractivity contribution in [2.24, 2.45) is 0 Å². The van der Waals surface area contributed by atoms with Crippen LogP contribution in [-0.2, 0) is 16.1 Å². The van der Waals surface area contributed by atoms with Crippen LogP contribution < -0.4 is 10.6 Å². The van der Waals surface area contributed by atoms with Crippen molar-refractivity contribution in [3.63, 3.8) is 0 Å². The molecule has 0 aliphatic heterocycles.